The minimum absolute atomic E-state index is 0.292. The van der Waals surface area contributed by atoms with Crippen molar-refractivity contribution in [2.24, 2.45) is 0 Å². The van der Waals surface area contributed by atoms with E-state index in [1.807, 2.05) is 6.92 Å². The van der Waals surface area contributed by atoms with Crippen molar-refractivity contribution in [1.29, 1.82) is 0 Å². The molecule has 2 aromatic heterocycles. The Morgan fingerprint density at radius 1 is 1.38 bits per heavy atom. The van der Waals surface area contributed by atoms with Gasteiger partial charge in [-0.1, -0.05) is 11.6 Å². The Morgan fingerprint density at radius 3 is 2.92 bits per heavy atom. The zero-order chi connectivity index (χ0) is 9.42. The monoisotopic (exact) mass is 195 g/mol. The highest BCUT2D eigenvalue weighted by Gasteiger charge is 2.03. The molecule has 0 aromatic carbocycles. The molecule has 0 aliphatic carbocycles. The molecule has 0 unspecified atom stereocenters. The van der Waals surface area contributed by atoms with Gasteiger partial charge in [-0.2, -0.15) is 0 Å². The summed E-state index contributed by atoms with van der Waals surface area (Å²) in [5.74, 6) is 0. The predicted molar refractivity (Wildman–Crippen MR) is 49.9 cm³/mol. The molecule has 0 saturated heterocycles. The van der Waals surface area contributed by atoms with Crippen molar-refractivity contribution in [2.45, 2.75) is 6.92 Å². The highest BCUT2D eigenvalue weighted by Crippen LogP contribution is 2.19. The molecular formula is C8H6ClN3O. The number of nitrogens with zero attached hydrogens (tertiary/aromatic N) is 2. The fraction of sp³-hybridized carbons (Fsp3) is 0.125. The zero-order valence-electron chi connectivity index (χ0n) is 6.84. The number of nitrogens with one attached hydrogen (secondary N) is 1. The summed E-state index contributed by atoms with van der Waals surface area (Å²) in [7, 11) is 0. The topological polar surface area (TPSA) is 58.6 Å². The molecule has 66 valence electrons. The Labute approximate surface area is 78.6 Å². The van der Waals surface area contributed by atoms with Crippen LogP contribution in [-0.2, 0) is 0 Å². The second-order valence-electron chi connectivity index (χ2n) is 2.71. The molecule has 0 aliphatic heterocycles. The molecular weight excluding hydrogens is 190 g/mol. The number of H-pyrrole nitrogens is 1. The number of pyridine rings is 1. The van der Waals surface area contributed by atoms with Gasteiger partial charge in [0.25, 0.3) is 0 Å². The van der Waals surface area contributed by atoms with E-state index in [1.54, 1.807) is 6.20 Å². The minimum Gasteiger partial charge on any atom is -0.303 e. The molecule has 1 N–H and O–H groups in total. The molecule has 0 aliphatic rings. The normalized spacial score (nSPS) is 10.6. The number of halogens is 1. The van der Waals surface area contributed by atoms with E-state index in [-0.39, 0.29) is 0 Å². The highest BCUT2D eigenvalue weighted by molar-refractivity contribution is 6.33. The van der Waals surface area contributed by atoms with Crippen molar-refractivity contribution in [3.8, 4) is 0 Å². The minimum atomic E-state index is -0.415. The number of hydrogen-bond donors (Lipinski definition) is 1. The Morgan fingerprint density at radius 2 is 2.15 bits per heavy atom. The van der Waals surface area contributed by atoms with Gasteiger partial charge in [0.05, 0.1) is 5.52 Å². The van der Waals surface area contributed by atoms with Crippen LogP contribution in [0.5, 0.6) is 0 Å². The first kappa shape index (κ1) is 8.19. The van der Waals surface area contributed by atoms with Gasteiger partial charge in [-0.3, -0.25) is 0 Å². The van der Waals surface area contributed by atoms with Crippen LogP contribution in [0.2, 0.25) is 5.15 Å². The van der Waals surface area contributed by atoms with Gasteiger partial charge in [-0.05, 0) is 12.5 Å². The van der Waals surface area contributed by atoms with Crippen LogP contribution in [0, 0.1) is 6.92 Å². The Bertz CT molecular complexity index is 520. The standard InChI is InChI=1S/C8H6ClN3O/c1-4-2-10-7(9)6-5(4)3-11-8(13)12-6/h2-3H,1H3,(H,11,12,13). The lowest BCUT2D eigenvalue weighted by Gasteiger charge is -2.00. The third-order valence-corrected chi connectivity index (χ3v) is 2.10. The molecule has 0 spiro atoms. The van der Waals surface area contributed by atoms with Gasteiger partial charge in [-0.15, -0.1) is 0 Å². The van der Waals surface area contributed by atoms with Crippen LogP contribution in [0.3, 0.4) is 0 Å². The van der Waals surface area contributed by atoms with E-state index in [4.69, 9.17) is 11.6 Å². The average Bonchev–Trinajstić information content (AvgIpc) is 2.12. The van der Waals surface area contributed by atoms with Gasteiger partial charge < -0.3 is 4.98 Å². The first-order valence-electron chi connectivity index (χ1n) is 3.68. The summed E-state index contributed by atoms with van der Waals surface area (Å²) in [6.07, 6.45) is 3.14. The smallest absolute Gasteiger partial charge is 0.303 e. The number of aromatic nitrogens is 3. The SMILES string of the molecule is Cc1cnc(Cl)c2[nH]c(=O)ncc12. The van der Waals surface area contributed by atoms with E-state index in [2.05, 4.69) is 15.0 Å². The van der Waals surface area contributed by atoms with Crippen molar-refractivity contribution in [1.82, 2.24) is 15.0 Å². The summed E-state index contributed by atoms with van der Waals surface area (Å²) in [5, 5.41) is 1.11. The van der Waals surface area contributed by atoms with Crippen LogP contribution in [0.15, 0.2) is 17.2 Å². The van der Waals surface area contributed by atoms with E-state index in [0.717, 1.165) is 10.9 Å². The first-order chi connectivity index (χ1) is 6.18. The van der Waals surface area contributed by atoms with Crippen molar-refractivity contribution < 1.29 is 0 Å². The van der Waals surface area contributed by atoms with Crippen LogP contribution in [0.4, 0.5) is 0 Å². The van der Waals surface area contributed by atoms with E-state index in [1.165, 1.54) is 6.20 Å². The summed E-state index contributed by atoms with van der Waals surface area (Å²) in [6.45, 7) is 1.88. The Hall–Kier alpha value is -1.42. The summed E-state index contributed by atoms with van der Waals surface area (Å²) in [4.78, 5) is 21.0. The second kappa shape index (κ2) is 2.81. The van der Waals surface area contributed by atoms with Gasteiger partial charge in [0, 0.05) is 17.8 Å². The van der Waals surface area contributed by atoms with Crippen LogP contribution >= 0.6 is 11.6 Å². The fourth-order valence-corrected chi connectivity index (χ4v) is 1.34. The van der Waals surface area contributed by atoms with Crippen LogP contribution in [0.1, 0.15) is 5.56 Å². The maximum atomic E-state index is 10.9. The summed E-state index contributed by atoms with van der Waals surface area (Å²) < 4.78 is 0. The fourth-order valence-electron chi connectivity index (χ4n) is 1.14. The van der Waals surface area contributed by atoms with Crippen LogP contribution < -0.4 is 5.69 Å². The van der Waals surface area contributed by atoms with Crippen molar-refractivity contribution in [2.75, 3.05) is 0 Å². The molecule has 5 heteroatoms. The third-order valence-electron chi connectivity index (χ3n) is 1.81. The number of rotatable bonds is 0. The Kier molecular flexibility index (Phi) is 1.77. The zero-order valence-corrected chi connectivity index (χ0v) is 7.59. The van der Waals surface area contributed by atoms with E-state index in [0.29, 0.717) is 10.7 Å². The van der Waals surface area contributed by atoms with Crippen LogP contribution in [0.25, 0.3) is 10.9 Å². The van der Waals surface area contributed by atoms with Gasteiger partial charge in [0.2, 0.25) is 0 Å². The molecule has 0 radical (unpaired) electrons. The number of aryl methyl sites for hydroxylation is 1. The molecule has 4 nitrogen and oxygen atoms in total. The number of aromatic amines is 1. The van der Waals surface area contributed by atoms with E-state index >= 15 is 0 Å². The summed E-state index contributed by atoms with van der Waals surface area (Å²) >= 11 is 5.79. The van der Waals surface area contributed by atoms with Crippen molar-refractivity contribution in [3.05, 3.63) is 33.6 Å². The maximum absolute atomic E-state index is 10.9. The van der Waals surface area contributed by atoms with Crippen molar-refractivity contribution in [3.63, 3.8) is 0 Å². The molecule has 13 heavy (non-hydrogen) atoms. The average molecular weight is 196 g/mol. The van der Waals surface area contributed by atoms with E-state index < -0.39 is 5.69 Å². The van der Waals surface area contributed by atoms with Gasteiger partial charge in [0.1, 0.15) is 0 Å². The van der Waals surface area contributed by atoms with Gasteiger partial charge in [-0.25, -0.2) is 14.8 Å². The lowest BCUT2D eigenvalue weighted by molar-refractivity contribution is 1.11. The predicted octanol–water partition coefficient (Wildman–Crippen LogP) is 1.28. The molecule has 2 rings (SSSR count). The molecule has 0 saturated carbocycles. The molecule has 0 bridgehead atoms. The van der Waals surface area contributed by atoms with E-state index in [9.17, 15) is 4.79 Å². The van der Waals surface area contributed by atoms with Crippen molar-refractivity contribution >= 4 is 22.5 Å². The molecule has 2 aromatic rings. The number of fused-ring (bicyclic) bond motifs is 1. The molecule has 0 fully saturated rings. The molecule has 0 amide bonds. The summed E-state index contributed by atoms with van der Waals surface area (Å²) in [5.41, 5.74) is 1.06. The lowest BCUT2D eigenvalue weighted by Crippen LogP contribution is -2.09. The third kappa shape index (κ3) is 1.29. The molecule has 0 atom stereocenters. The van der Waals surface area contributed by atoms with Gasteiger partial charge in [0.15, 0.2) is 5.15 Å². The van der Waals surface area contributed by atoms with Crippen LogP contribution in [-0.4, -0.2) is 15.0 Å². The quantitative estimate of drug-likeness (QED) is 0.645. The summed E-state index contributed by atoms with van der Waals surface area (Å²) in [6, 6.07) is 0. The highest BCUT2D eigenvalue weighted by atomic mass is 35.5. The van der Waals surface area contributed by atoms with Gasteiger partial charge >= 0.3 is 5.69 Å². The number of hydrogen-bond acceptors (Lipinski definition) is 3. The molecule has 2 heterocycles. The maximum Gasteiger partial charge on any atom is 0.345 e. The largest absolute Gasteiger partial charge is 0.345 e. The first-order valence-corrected chi connectivity index (χ1v) is 4.06. The second-order valence-corrected chi connectivity index (χ2v) is 3.07. The Balaban J connectivity index is 3.00. The lowest BCUT2D eigenvalue weighted by atomic mass is 10.2.